The van der Waals surface area contributed by atoms with Crippen molar-refractivity contribution in [2.45, 2.75) is 44.3 Å². The summed E-state index contributed by atoms with van der Waals surface area (Å²) in [5, 5.41) is 6.52. The smallest absolute Gasteiger partial charge is 0.307 e. The van der Waals surface area contributed by atoms with Gasteiger partial charge in [-0.3, -0.25) is 9.59 Å². The molecule has 1 fully saturated rings. The van der Waals surface area contributed by atoms with Crippen molar-refractivity contribution in [1.82, 2.24) is 10.6 Å². The maximum absolute atomic E-state index is 12.7. The van der Waals surface area contributed by atoms with Crippen molar-refractivity contribution in [3.05, 3.63) is 65.7 Å². The van der Waals surface area contributed by atoms with E-state index >= 15 is 0 Å². The Labute approximate surface area is 171 Å². The molecule has 3 rings (SSSR count). The molecule has 29 heavy (non-hydrogen) atoms. The van der Waals surface area contributed by atoms with Gasteiger partial charge in [-0.05, 0) is 43.0 Å². The first-order chi connectivity index (χ1) is 14.1. The number of benzene rings is 2. The van der Waals surface area contributed by atoms with Crippen LogP contribution in [-0.4, -0.2) is 43.7 Å². The Morgan fingerprint density at radius 1 is 0.966 bits per heavy atom. The minimum atomic E-state index is -0.385. The fraction of sp³-hybridized carbons (Fsp3) is 0.391. The first kappa shape index (κ1) is 20.9. The molecule has 6 heteroatoms. The lowest BCUT2D eigenvalue weighted by molar-refractivity contribution is -0.145. The number of hydrogen-bond acceptors (Lipinski definition) is 5. The molecule has 1 aliphatic heterocycles. The van der Waals surface area contributed by atoms with E-state index in [4.69, 9.17) is 9.47 Å². The second kappa shape index (κ2) is 10.1. The maximum atomic E-state index is 12.7. The fourth-order valence-electron chi connectivity index (χ4n) is 3.65. The van der Waals surface area contributed by atoms with Crippen LogP contribution in [0.25, 0.3) is 0 Å². The monoisotopic (exact) mass is 396 g/mol. The zero-order valence-corrected chi connectivity index (χ0v) is 16.9. The lowest BCUT2D eigenvalue weighted by Gasteiger charge is -2.37. The third-order valence-corrected chi connectivity index (χ3v) is 5.13. The van der Waals surface area contributed by atoms with E-state index in [1.54, 1.807) is 14.0 Å². The highest BCUT2D eigenvalue weighted by molar-refractivity contribution is 5.84. The third-order valence-electron chi connectivity index (χ3n) is 5.13. The lowest BCUT2D eigenvalue weighted by atomic mass is 9.91. The summed E-state index contributed by atoms with van der Waals surface area (Å²) in [5.74, 6) is 0.470. The Balaban J connectivity index is 1.73. The molecule has 0 saturated carbocycles. The van der Waals surface area contributed by atoms with Gasteiger partial charge in [0.1, 0.15) is 5.75 Å². The number of hydrogen-bond donors (Lipinski definition) is 2. The van der Waals surface area contributed by atoms with Crippen LogP contribution in [0.15, 0.2) is 54.6 Å². The minimum Gasteiger partial charge on any atom is -0.497 e. The van der Waals surface area contributed by atoms with Crippen LogP contribution < -0.4 is 15.4 Å². The predicted octanol–water partition coefficient (Wildman–Crippen LogP) is 2.26. The van der Waals surface area contributed by atoms with Crippen molar-refractivity contribution in [2.75, 3.05) is 13.7 Å². The number of methoxy groups -OCH3 is 1. The molecule has 3 atom stereocenters. The molecule has 0 aliphatic carbocycles. The van der Waals surface area contributed by atoms with Gasteiger partial charge in [-0.1, -0.05) is 42.5 Å². The molecule has 2 aromatic rings. The number of piperazine rings is 1. The minimum absolute atomic E-state index is 0.0486. The summed E-state index contributed by atoms with van der Waals surface area (Å²) in [6, 6.07) is 16.8. The van der Waals surface area contributed by atoms with Gasteiger partial charge in [0.15, 0.2) is 0 Å². The number of nitrogens with one attached hydrogen (secondary N) is 2. The number of amides is 1. The molecule has 6 nitrogen and oxygen atoms in total. The van der Waals surface area contributed by atoms with Crippen molar-refractivity contribution in [2.24, 2.45) is 0 Å². The molecule has 1 aliphatic rings. The van der Waals surface area contributed by atoms with Crippen molar-refractivity contribution in [3.63, 3.8) is 0 Å². The number of carbonyl (C=O) groups is 2. The van der Waals surface area contributed by atoms with Crippen molar-refractivity contribution < 1.29 is 19.1 Å². The Bertz CT molecular complexity index is 807. The number of rotatable bonds is 8. The largest absolute Gasteiger partial charge is 0.497 e. The highest BCUT2D eigenvalue weighted by Gasteiger charge is 2.36. The zero-order valence-electron chi connectivity index (χ0n) is 16.9. The van der Waals surface area contributed by atoms with Crippen molar-refractivity contribution >= 4 is 11.9 Å². The van der Waals surface area contributed by atoms with E-state index in [-0.39, 0.29) is 36.4 Å². The van der Waals surface area contributed by atoms with E-state index in [9.17, 15) is 9.59 Å². The Morgan fingerprint density at radius 2 is 1.66 bits per heavy atom. The van der Waals surface area contributed by atoms with E-state index in [1.807, 2.05) is 54.6 Å². The molecule has 154 valence electrons. The normalized spacial score (nSPS) is 21.3. The summed E-state index contributed by atoms with van der Waals surface area (Å²) in [7, 11) is 1.63. The van der Waals surface area contributed by atoms with Gasteiger partial charge in [0, 0.05) is 12.1 Å². The molecule has 0 unspecified atom stereocenters. The van der Waals surface area contributed by atoms with Gasteiger partial charge >= 0.3 is 5.97 Å². The molecule has 0 bridgehead atoms. The van der Waals surface area contributed by atoms with Gasteiger partial charge < -0.3 is 20.1 Å². The average molecular weight is 396 g/mol. The van der Waals surface area contributed by atoms with E-state index in [0.717, 1.165) is 16.9 Å². The quantitative estimate of drug-likeness (QED) is 0.670. The number of ether oxygens (including phenoxy) is 2. The topological polar surface area (TPSA) is 76.7 Å². The molecule has 2 N–H and O–H groups in total. The Kier molecular flexibility index (Phi) is 7.25. The molecular formula is C23H28N2O4. The summed E-state index contributed by atoms with van der Waals surface area (Å²) in [4.78, 5) is 24.9. The maximum Gasteiger partial charge on any atom is 0.307 e. The second-order valence-corrected chi connectivity index (χ2v) is 7.19. The molecule has 0 aromatic heterocycles. The van der Waals surface area contributed by atoms with Gasteiger partial charge in [0.05, 0.1) is 26.2 Å². The summed E-state index contributed by atoms with van der Waals surface area (Å²) >= 11 is 0. The summed E-state index contributed by atoms with van der Waals surface area (Å²) in [6.07, 6.45) is 1.40. The van der Waals surface area contributed by atoms with Crippen LogP contribution in [-0.2, 0) is 27.2 Å². The molecule has 1 heterocycles. The summed E-state index contributed by atoms with van der Waals surface area (Å²) in [6.45, 7) is 2.13. The van der Waals surface area contributed by atoms with Crippen LogP contribution in [0.1, 0.15) is 24.5 Å². The average Bonchev–Trinajstić information content (AvgIpc) is 2.73. The Hall–Kier alpha value is -2.86. The van der Waals surface area contributed by atoms with Crippen LogP contribution in [0.3, 0.4) is 0 Å². The fourth-order valence-corrected chi connectivity index (χ4v) is 3.65. The van der Waals surface area contributed by atoms with E-state index in [0.29, 0.717) is 19.4 Å². The molecule has 0 spiro atoms. The first-order valence-electron chi connectivity index (χ1n) is 9.98. The standard InChI is InChI=1S/C23H28N2O4/c1-3-29-22(26)15-20-19(13-17-9-11-18(28-2)12-10-17)25-23(27)21(24-20)14-16-7-5-4-6-8-16/h4-12,19-21,24H,3,13-15H2,1-2H3,(H,25,27)/t19-,20+,21+/m0/s1. The summed E-state index contributed by atoms with van der Waals surface area (Å²) in [5.41, 5.74) is 2.14. The van der Waals surface area contributed by atoms with E-state index < -0.39 is 0 Å². The lowest BCUT2D eigenvalue weighted by Crippen LogP contribution is -2.65. The van der Waals surface area contributed by atoms with Crippen LogP contribution in [0, 0.1) is 0 Å². The number of esters is 1. The number of carbonyl (C=O) groups excluding carboxylic acids is 2. The van der Waals surface area contributed by atoms with E-state index in [1.165, 1.54) is 0 Å². The molecule has 1 saturated heterocycles. The molecular weight excluding hydrogens is 368 g/mol. The third kappa shape index (κ3) is 5.81. The van der Waals surface area contributed by atoms with Crippen LogP contribution in [0.5, 0.6) is 5.75 Å². The summed E-state index contributed by atoms with van der Waals surface area (Å²) < 4.78 is 10.3. The van der Waals surface area contributed by atoms with Gasteiger partial charge in [-0.25, -0.2) is 0 Å². The van der Waals surface area contributed by atoms with Crippen LogP contribution >= 0.6 is 0 Å². The molecule has 0 radical (unpaired) electrons. The Morgan fingerprint density at radius 3 is 2.31 bits per heavy atom. The van der Waals surface area contributed by atoms with Gasteiger partial charge in [0.25, 0.3) is 0 Å². The second-order valence-electron chi connectivity index (χ2n) is 7.19. The van der Waals surface area contributed by atoms with Gasteiger partial charge in [0.2, 0.25) is 5.91 Å². The van der Waals surface area contributed by atoms with Crippen molar-refractivity contribution in [1.29, 1.82) is 0 Å². The van der Waals surface area contributed by atoms with Gasteiger partial charge in [-0.15, -0.1) is 0 Å². The first-order valence-corrected chi connectivity index (χ1v) is 9.98. The molecule has 2 aromatic carbocycles. The van der Waals surface area contributed by atoms with Crippen LogP contribution in [0.2, 0.25) is 0 Å². The zero-order chi connectivity index (χ0) is 20.6. The molecule has 1 amide bonds. The highest BCUT2D eigenvalue weighted by atomic mass is 16.5. The van der Waals surface area contributed by atoms with E-state index in [2.05, 4.69) is 10.6 Å². The van der Waals surface area contributed by atoms with Gasteiger partial charge in [-0.2, -0.15) is 0 Å². The predicted molar refractivity (Wildman–Crippen MR) is 111 cm³/mol. The van der Waals surface area contributed by atoms with Crippen LogP contribution in [0.4, 0.5) is 0 Å². The van der Waals surface area contributed by atoms with Crippen molar-refractivity contribution in [3.8, 4) is 5.75 Å². The highest BCUT2D eigenvalue weighted by Crippen LogP contribution is 2.18. The SMILES string of the molecule is CCOC(=O)C[C@H]1N[C@H](Cc2ccccc2)C(=O)N[C@H]1Cc1ccc(OC)cc1.